The van der Waals surface area contributed by atoms with Gasteiger partial charge in [-0.15, -0.1) is 0 Å². The minimum absolute atomic E-state index is 0.127. The molecule has 0 aromatic heterocycles. The Hall–Kier alpha value is -0.760. The molecule has 4 N–H and O–H groups in total. The van der Waals surface area contributed by atoms with E-state index in [2.05, 4.69) is 26.8 Å². The summed E-state index contributed by atoms with van der Waals surface area (Å²) in [7, 11) is 0. The molecule has 6 nitrogen and oxygen atoms in total. The molecule has 1 fully saturated rings. The number of hydrogen-bond donors (Lipinski definition) is 4. The predicted molar refractivity (Wildman–Crippen MR) is 93.8 cm³/mol. The first-order valence-corrected chi connectivity index (χ1v) is 9.02. The van der Waals surface area contributed by atoms with Gasteiger partial charge in [0.2, 0.25) is 0 Å². The average molecular weight is 356 g/mol. The Bertz CT molecular complexity index is 510. The number of allylic oxidation sites excluding steroid dienone is 3. The normalized spacial score (nSPS) is 37.5. The number of aliphatic hydroxyl groups excluding tert-OH is 4. The van der Waals surface area contributed by atoms with Gasteiger partial charge in [0.05, 0.1) is 12.7 Å². The molecule has 1 aliphatic carbocycles. The van der Waals surface area contributed by atoms with Gasteiger partial charge in [-0.25, -0.2) is 0 Å². The van der Waals surface area contributed by atoms with E-state index >= 15 is 0 Å². The first kappa shape index (κ1) is 20.6. The highest BCUT2D eigenvalue weighted by atomic mass is 16.7. The molecule has 0 spiro atoms. The summed E-state index contributed by atoms with van der Waals surface area (Å²) in [5, 5.41) is 38.9. The van der Waals surface area contributed by atoms with Gasteiger partial charge in [-0.1, -0.05) is 31.6 Å². The van der Waals surface area contributed by atoms with Crippen LogP contribution in [-0.2, 0) is 9.47 Å². The van der Waals surface area contributed by atoms with Crippen molar-refractivity contribution in [3.05, 3.63) is 23.3 Å². The molecule has 0 radical (unpaired) electrons. The van der Waals surface area contributed by atoms with Crippen molar-refractivity contribution in [1.82, 2.24) is 0 Å². The van der Waals surface area contributed by atoms with Crippen LogP contribution in [0.15, 0.2) is 23.3 Å². The summed E-state index contributed by atoms with van der Waals surface area (Å²) in [6, 6.07) is 0. The summed E-state index contributed by atoms with van der Waals surface area (Å²) < 4.78 is 11.1. The molecule has 6 heteroatoms. The van der Waals surface area contributed by atoms with E-state index in [1.807, 2.05) is 13.0 Å². The van der Waals surface area contributed by atoms with Gasteiger partial charge in [-0.3, -0.25) is 0 Å². The van der Waals surface area contributed by atoms with Crippen molar-refractivity contribution in [2.75, 3.05) is 6.61 Å². The Labute approximate surface area is 149 Å². The molecule has 6 atom stereocenters. The smallest absolute Gasteiger partial charge is 0.187 e. The van der Waals surface area contributed by atoms with E-state index in [-0.39, 0.29) is 11.5 Å². The summed E-state index contributed by atoms with van der Waals surface area (Å²) in [4.78, 5) is 0. The van der Waals surface area contributed by atoms with Gasteiger partial charge in [-0.2, -0.15) is 0 Å². The predicted octanol–water partition coefficient (Wildman–Crippen LogP) is 1.27. The minimum atomic E-state index is -1.42. The standard InChI is InChI=1S/C19H32O6/c1-11-6-5-9-19(3,4)13(11)8-7-12(2)24-18-17(23)16(22)15(21)14(10-20)25-18/h7-8,12,14-18,20-23H,5-6,9-10H2,1-4H3/b8-7+. The molecule has 6 unspecified atom stereocenters. The first-order chi connectivity index (χ1) is 11.7. The zero-order chi connectivity index (χ0) is 18.8. The minimum Gasteiger partial charge on any atom is -0.394 e. The van der Waals surface area contributed by atoms with Crippen molar-refractivity contribution in [1.29, 1.82) is 0 Å². The fraction of sp³-hybridized carbons (Fsp3) is 0.789. The molecule has 144 valence electrons. The summed E-state index contributed by atoms with van der Waals surface area (Å²) in [5.41, 5.74) is 2.82. The van der Waals surface area contributed by atoms with Gasteiger partial charge in [0.15, 0.2) is 6.29 Å². The van der Waals surface area contributed by atoms with Crippen molar-refractivity contribution >= 4 is 0 Å². The topological polar surface area (TPSA) is 99.4 Å². The number of hydrogen-bond acceptors (Lipinski definition) is 6. The van der Waals surface area contributed by atoms with E-state index in [1.165, 1.54) is 17.6 Å². The quantitative estimate of drug-likeness (QED) is 0.592. The van der Waals surface area contributed by atoms with Crippen LogP contribution < -0.4 is 0 Å². The third-order valence-electron chi connectivity index (χ3n) is 5.27. The van der Waals surface area contributed by atoms with Crippen LogP contribution in [0.4, 0.5) is 0 Å². The third-order valence-corrected chi connectivity index (χ3v) is 5.27. The summed E-state index contributed by atoms with van der Waals surface area (Å²) in [6.07, 6.45) is 0.836. The Morgan fingerprint density at radius 2 is 1.92 bits per heavy atom. The zero-order valence-electron chi connectivity index (χ0n) is 15.6. The first-order valence-electron chi connectivity index (χ1n) is 9.02. The highest BCUT2D eigenvalue weighted by Crippen LogP contribution is 2.40. The summed E-state index contributed by atoms with van der Waals surface area (Å²) in [6.45, 7) is 7.99. The van der Waals surface area contributed by atoms with Gasteiger partial charge in [-0.05, 0) is 44.1 Å². The molecule has 1 saturated heterocycles. The molecule has 0 aromatic carbocycles. The molecular formula is C19H32O6. The fourth-order valence-corrected chi connectivity index (χ4v) is 3.68. The molecule has 0 aromatic rings. The lowest BCUT2D eigenvalue weighted by molar-refractivity contribution is -0.306. The van der Waals surface area contributed by atoms with Crippen molar-refractivity contribution in [2.24, 2.45) is 5.41 Å². The Balaban J connectivity index is 2.03. The van der Waals surface area contributed by atoms with Gasteiger partial charge >= 0.3 is 0 Å². The van der Waals surface area contributed by atoms with Crippen molar-refractivity contribution < 1.29 is 29.9 Å². The van der Waals surface area contributed by atoms with Crippen molar-refractivity contribution in [2.45, 2.75) is 83.8 Å². The lowest BCUT2D eigenvalue weighted by atomic mass is 9.72. The average Bonchev–Trinajstić information content (AvgIpc) is 2.54. The van der Waals surface area contributed by atoms with E-state index in [0.29, 0.717) is 0 Å². The van der Waals surface area contributed by atoms with E-state index in [1.54, 1.807) is 0 Å². The molecular weight excluding hydrogens is 324 g/mol. The zero-order valence-corrected chi connectivity index (χ0v) is 15.6. The number of rotatable bonds is 5. The van der Waals surface area contributed by atoms with E-state index in [4.69, 9.17) is 9.47 Å². The highest BCUT2D eigenvalue weighted by Gasteiger charge is 2.44. The molecule has 1 aliphatic heterocycles. The number of ether oxygens (including phenoxy) is 2. The third kappa shape index (κ3) is 4.70. The second kappa shape index (κ2) is 8.29. The monoisotopic (exact) mass is 356 g/mol. The van der Waals surface area contributed by atoms with E-state index in [9.17, 15) is 20.4 Å². The van der Waals surface area contributed by atoms with Crippen molar-refractivity contribution in [3.63, 3.8) is 0 Å². The van der Waals surface area contributed by atoms with E-state index < -0.39 is 37.3 Å². The van der Waals surface area contributed by atoms with Crippen LogP contribution in [0.3, 0.4) is 0 Å². The second-order valence-corrected chi connectivity index (χ2v) is 7.83. The van der Waals surface area contributed by atoms with Gasteiger partial charge < -0.3 is 29.9 Å². The van der Waals surface area contributed by atoms with Gasteiger partial charge in [0.25, 0.3) is 0 Å². The molecule has 1 heterocycles. The lowest BCUT2D eigenvalue weighted by Gasteiger charge is -2.40. The number of aliphatic hydroxyl groups is 4. The molecule has 0 bridgehead atoms. The second-order valence-electron chi connectivity index (χ2n) is 7.83. The maximum absolute atomic E-state index is 10.0. The van der Waals surface area contributed by atoms with Crippen LogP contribution in [0.5, 0.6) is 0 Å². The Morgan fingerprint density at radius 1 is 1.24 bits per heavy atom. The van der Waals surface area contributed by atoms with Crippen LogP contribution in [-0.4, -0.2) is 63.8 Å². The molecule has 0 saturated carbocycles. The van der Waals surface area contributed by atoms with Crippen LogP contribution in [0.25, 0.3) is 0 Å². The highest BCUT2D eigenvalue weighted by molar-refractivity contribution is 5.32. The van der Waals surface area contributed by atoms with Crippen LogP contribution >= 0.6 is 0 Å². The Morgan fingerprint density at radius 3 is 2.52 bits per heavy atom. The molecule has 25 heavy (non-hydrogen) atoms. The Kier molecular flexibility index (Phi) is 6.81. The molecule has 2 aliphatic rings. The summed E-state index contributed by atoms with van der Waals surface area (Å²) >= 11 is 0. The van der Waals surface area contributed by atoms with Crippen LogP contribution in [0, 0.1) is 5.41 Å². The summed E-state index contributed by atoms with van der Waals surface area (Å²) in [5.74, 6) is 0. The molecule has 2 rings (SSSR count). The van der Waals surface area contributed by atoms with Crippen LogP contribution in [0.1, 0.15) is 47.0 Å². The van der Waals surface area contributed by atoms with Gasteiger partial charge in [0, 0.05) is 0 Å². The fourth-order valence-electron chi connectivity index (χ4n) is 3.68. The van der Waals surface area contributed by atoms with Gasteiger partial charge in [0.1, 0.15) is 24.4 Å². The van der Waals surface area contributed by atoms with E-state index in [0.717, 1.165) is 12.8 Å². The SMILES string of the molecule is CC1=C(/C=C/C(C)OC2OC(CO)C(O)C(O)C2O)C(C)(C)CCC1. The maximum Gasteiger partial charge on any atom is 0.187 e. The maximum atomic E-state index is 10.0. The lowest BCUT2D eigenvalue weighted by Crippen LogP contribution is -2.59. The molecule has 0 amide bonds. The largest absolute Gasteiger partial charge is 0.394 e. The van der Waals surface area contributed by atoms with Crippen LogP contribution in [0.2, 0.25) is 0 Å². The van der Waals surface area contributed by atoms with Crippen molar-refractivity contribution in [3.8, 4) is 0 Å².